The Morgan fingerprint density at radius 2 is 2.32 bits per heavy atom. The van der Waals surface area contributed by atoms with Gasteiger partial charge < -0.3 is 9.30 Å². The third kappa shape index (κ3) is 2.08. The van der Waals surface area contributed by atoms with Gasteiger partial charge in [0.15, 0.2) is 0 Å². The molecule has 3 rings (SSSR count). The first kappa shape index (κ1) is 12.4. The van der Waals surface area contributed by atoms with Crippen molar-refractivity contribution in [1.29, 1.82) is 0 Å². The van der Waals surface area contributed by atoms with Crippen molar-refractivity contribution in [2.45, 2.75) is 25.3 Å². The van der Waals surface area contributed by atoms with Crippen molar-refractivity contribution in [1.82, 2.24) is 14.5 Å². The largest absolute Gasteiger partial charge is 0.469 e. The van der Waals surface area contributed by atoms with Gasteiger partial charge in [-0.3, -0.25) is 4.79 Å². The van der Waals surface area contributed by atoms with Gasteiger partial charge in [0.2, 0.25) is 0 Å². The Balaban J connectivity index is 1.90. The van der Waals surface area contributed by atoms with Gasteiger partial charge in [-0.2, -0.15) is 0 Å². The Bertz CT molecular complexity index is 625. The molecule has 2 aromatic heterocycles. The van der Waals surface area contributed by atoms with Crippen molar-refractivity contribution in [2.24, 2.45) is 5.92 Å². The van der Waals surface area contributed by atoms with E-state index in [1.165, 1.54) is 13.4 Å². The lowest BCUT2D eigenvalue weighted by atomic mass is 10.1. The molecule has 6 heteroatoms. The van der Waals surface area contributed by atoms with Crippen LogP contribution in [0.1, 0.15) is 25.3 Å². The molecule has 1 fully saturated rings. The van der Waals surface area contributed by atoms with Gasteiger partial charge in [0.1, 0.15) is 17.1 Å². The number of hydrogen-bond donors (Lipinski definition) is 0. The zero-order valence-corrected chi connectivity index (χ0v) is 11.3. The maximum absolute atomic E-state index is 11.6. The first-order valence-electron chi connectivity index (χ1n) is 6.25. The minimum Gasteiger partial charge on any atom is -0.469 e. The molecule has 0 aliphatic heterocycles. The molecule has 19 heavy (non-hydrogen) atoms. The minimum absolute atomic E-state index is 0.00948. The van der Waals surface area contributed by atoms with E-state index in [1.54, 1.807) is 0 Å². The average Bonchev–Trinajstić information content (AvgIpc) is 3.04. The summed E-state index contributed by atoms with van der Waals surface area (Å²) in [6, 6.07) is 2.19. The Hall–Kier alpha value is -1.62. The van der Waals surface area contributed by atoms with Crippen LogP contribution in [0.5, 0.6) is 0 Å². The highest BCUT2D eigenvalue weighted by Crippen LogP contribution is 2.37. The Morgan fingerprint density at radius 1 is 1.47 bits per heavy atom. The van der Waals surface area contributed by atoms with Crippen LogP contribution in [0.4, 0.5) is 0 Å². The second-order valence-electron chi connectivity index (χ2n) is 4.81. The Morgan fingerprint density at radius 3 is 3.11 bits per heavy atom. The summed E-state index contributed by atoms with van der Waals surface area (Å²) in [7, 11) is 1.44. The Kier molecular flexibility index (Phi) is 3.14. The van der Waals surface area contributed by atoms with Crippen LogP contribution in [0.15, 0.2) is 18.6 Å². The number of fused-ring (bicyclic) bond motifs is 1. The molecule has 2 heterocycles. The van der Waals surface area contributed by atoms with E-state index in [2.05, 4.69) is 14.5 Å². The topological polar surface area (TPSA) is 57.0 Å². The van der Waals surface area contributed by atoms with Crippen molar-refractivity contribution in [3.8, 4) is 0 Å². The molecule has 1 aliphatic rings. The van der Waals surface area contributed by atoms with Gasteiger partial charge in [0.25, 0.3) is 0 Å². The zero-order valence-electron chi connectivity index (χ0n) is 10.5. The number of esters is 1. The highest BCUT2D eigenvalue weighted by atomic mass is 35.5. The third-order valence-corrected chi connectivity index (χ3v) is 4.09. The highest BCUT2D eigenvalue weighted by Gasteiger charge is 2.32. The molecule has 2 unspecified atom stereocenters. The van der Waals surface area contributed by atoms with E-state index in [-0.39, 0.29) is 17.9 Å². The number of carbonyl (C=O) groups is 1. The van der Waals surface area contributed by atoms with E-state index in [1.807, 2.05) is 12.3 Å². The summed E-state index contributed by atoms with van der Waals surface area (Å²) in [6.45, 7) is 0. The van der Waals surface area contributed by atoms with Crippen molar-refractivity contribution in [2.75, 3.05) is 7.11 Å². The van der Waals surface area contributed by atoms with Crippen LogP contribution in [-0.2, 0) is 9.53 Å². The summed E-state index contributed by atoms with van der Waals surface area (Å²) in [4.78, 5) is 19.8. The lowest BCUT2D eigenvalue weighted by Crippen LogP contribution is -2.13. The standard InChI is InChI=1S/C13H14ClN3O2/c1-19-13(18)8-2-3-9(6-8)17-5-4-10-11(14)15-7-16-12(10)17/h4-5,7-9H,2-3,6H2,1H3. The normalized spacial score (nSPS) is 22.8. The molecule has 100 valence electrons. The smallest absolute Gasteiger partial charge is 0.308 e. The first-order valence-corrected chi connectivity index (χ1v) is 6.63. The van der Waals surface area contributed by atoms with Crippen molar-refractivity contribution < 1.29 is 9.53 Å². The number of ether oxygens (including phenoxy) is 1. The molecule has 0 N–H and O–H groups in total. The summed E-state index contributed by atoms with van der Waals surface area (Å²) in [5, 5.41) is 1.32. The summed E-state index contributed by atoms with van der Waals surface area (Å²) >= 11 is 6.04. The van der Waals surface area contributed by atoms with Gasteiger partial charge in [-0.15, -0.1) is 0 Å². The van der Waals surface area contributed by atoms with Gasteiger partial charge in [-0.05, 0) is 25.3 Å². The van der Waals surface area contributed by atoms with Crippen molar-refractivity contribution in [3.05, 3.63) is 23.7 Å². The third-order valence-electron chi connectivity index (χ3n) is 3.79. The fraction of sp³-hybridized carbons (Fsp3) is 0.462. The fourth-order valence-corrected chi connectivity index (χ4v) is 3.02. The number of methoxy groups -OCH3 is 1. The van der Waals surface area contributed by atoms with E-state index in [9.17, 15) is 4.79 Å². The monoisotopic (exact) mass is 279 g/mol. The van der Waals surface area contributed by atoms with Gasteiger partial charge >= 0.3 is 5.97 Å². The van der Waals surface area contributed by atoms with Crippen LogP contribution in [0.2, 0.25) is 5.15 Å². The molecule has 1 aliphatic carbocycles. The predicted octanol–water partition coefficient (Wildman–Crippen LogP) is 2.60. The minimum atomic E-state index is -0.119. The summed E-state index contributed by atoms with van der Waals surface area (Å²) in [5.74, 6) is -0.128. The lowest BCUT2D eigenvalue weighted by Gasteiger charge is -2.13. The van der Waals surface area contributed by atoms with Gasteiger partial charge in [-0.25, -0.2) is 9.97 Å². The van der Waals surface area contributed by atoms with Crippen LogP contribution >= 0.6 is 11.6 Å². The number of rotatable bonds is 2. The zero-order chi connectivity index (χ0) is 13.4. The van der Waals surface area contributed by atoms with E-state index < -0.39 is 0 Å². The van der Waals surface area contributed by atoms with E-state index >= 15 is 0 Å². The molecular weight excluding hydrogens is 266 g/mol. The first-order chi connectivity index (χ1) is 9.20. The molecule has 0 aromatic carbocycles. The highest BCUT2D eigenvalue weighted by molar-refractivity contribution is 6.33. The predicted molar refractivity (Wildman–Crippen MR) is 70.9 cm³/mol. The molecule has 0 spiro atoms. The molecule has 0 radical (unpaired) electrons. The van der Waals surface area contributed by atoms with Crippen LogP contribution in [0.3, 0.4) is 0 Å². The van der Waals surface area contributed by atoms with Crippen LogP contribution < -0.4 is 0 Å². The van der Waals surface area contributed by atoms with E-state index in [0.29, 0.717) is 5.15 Å². The molecule has 0 bridgehead atoms. The van der Waals surface area contributed by atoms with Crippen molar-refractivity contribution in [3.63, 3.8) is 0 Å². The molecule has 5 nitrogen and oxygen atoms in total. The second-order valence-corrected chi connectivity index (χ2v) is 5.17. The van der Waals surface area contributed by atoms with Gasteiger partial charge in [0, 0.05) is 12.2 Å². The molecule has 1 saturated carbocycles. The molecule has 0 amide bonds. The molecular formula is C13H14ClN3O2. The van der Waals surface area contributed by atoms with Gasteiger partial charge in [-0.1, -0.05) is 11.6 Å². The quantitative estimate of drug-likeness (QED) is 0.626. The summed E-state index contributed by atoms with van der Waals surface area (Å²) in [5.41, 5.74) is 0.829. The fourth-order valence-electron chi connectivity index (χ4n) is 2.83. The molecule has 2 atom stereocenters. The number of carbonyl (C=O) groups excluding carboxylic acids is 1. The van der Waals surface area contributed by atoms with Crippen LogP contribution in [0, 0.1) is 5.92 Å². The average molecular weight is 280 g/mol. The number of aromatic nitrogens is 3. The maximum Gasteiger partial charge on any atom is 0.308 e. The molecule has 2 aromatic rings. The summed E-state index contributed by atoms with van der Waals surface area (Å²) < 4.78 is 6.90. The lowest BCUT2D eigenvalue weighted by molar-refractivity contribution is -0.145. The van der Waals surface area contributed by atoms with Crippen molar-refractivity contribution >= 4 is 28.6 Å². The maximum atomic E-state index is 11.6. The Labute approximate surface area is 115 Å². The van der Waals surface area contributed by atoms with Crippen LogP contribution in [-0.4, -0.2) is 27.6 Å². The summed E-state index contributed by atoms with van der Waals surface area (Å²) in [6.07, 6.45) is 6.03. The van der Waals surface area contributed by atoms with Gasteiger partial charge in [0.05, 0.1) is 18.4 Å². The second kappa shape index (κ2) is 4.81. The number of halogens is 1. The van der Waals surface area contributed by atoms with E-state index in [4.69, 9.17) is 16.3 Å². The molecule has 0 saturated heterocycles. The SMILES string of the molecule is COC(=O)C1CCC(n2ccc3c(Cl)ncnc32)C1. The van der Waals surface area contributed by atoms with Crippen LogP contribution in [0.25, 0.3) is 11.0 Å². The number of hydrogen-bond acceptors (Lipinski definition) is 4. The number of nitrogens with zero attached hydrogens (tertiary/aromatic N) is 3. The van der Waals surface area contributed by atoms with E-state index in [0.717, 1.165) is 30.3 Å².